The lowest BCUT2D eigenvalue weighted by Crippen LogP contribution is -2.29. The summed E-state index contributed by atoms with van der Waals surface area (Å²) in [6, 6.07) is 7.04. The number of hydrogen-bond donors (Lipinski definition) is 4. The quantitative estimate of drug-likeness (QED) is 0.159. The molecule has 11 heteroatoms. The van der Waals surface area contributed by atoms with Gasteiger partial charge in [0.05, 0.1) is 47.8 Å². The number of ether oxygens (including phenoxy) is 1. The van der Waals surface area contributed by atoms with E-state index in [1.165, 1.54) is 11.3 Å². The number of aromatic nitrogens is 2. The largest absolute Gasteiger partial charge is 0.391 e. The van der Waals surface area contributed by atoms with Crippen LogP contribution in [0.25, 0.3) is 11.1 Å². The van der Waals surface area contributed by atoms with E-state index >= 15 is 0 Å². The van der Waals surface area contributed by atoms with Crippen molar-refractivity contribution in [2.75, 3.05) is 10.6 Å². The molecule has 4 rings (SSSR count). The lowest BCUT2D eigenvalue weighted by atomic mass is 9.88. The van der Waals surface area contributed by atoms with Crippen LogP contribution in [0.4, 0.5) is 11.4 Å². The van der Waals surface area contributed by atoms with Gasteiger partial charge in [0.2, 0.25) is 5.91 Å². The lowest BCUT2D eigenvalue weighted by Gasteiger charge is -2.32. The van der Waals surface area contributed by atoms with E-state index in [1.807, 2.05) is 17.5 Å². The molecule has 1 aliphatic heterocycles. The molecule has 0 aliphatic carbocycles. The van der Waals surface area contributed by atoms with Crippen molar-refractivity contribution >= 4 is 40.2 Å². The van der Waals surface area contributed by atoms with Gasteiger partial charge >= 0.3 is 0 Å². The van der Waals surface area contributed by atoms with E-state index in [2.05, 4.69) is 39.6 Å². The molecule has 1 saturated heterocycles. The van der Waals surface area contributed by atoms with E-state index < -0.39 is 5.91 Å². The summed E-state index contributed by atoms with van der Waals surface area (Å²) in [6.45, 7) is 5.94. The summed E-state index contributed by atoms with van der Waals surface area (Å²) in [5.41, 5.74) is 3.54. The van der Waals surface area contributed by atoms with Gasteiger partial charge in [0.15, 0.2) is 5.71 Å². The third-order valence-electron chi connectivity index (χ3n) is 6.92. The Morgan fingerprint density at radius 1 is 1.12 bits per heavy atom. The highest BCUT2D eigenvalue weighted by Crippen LogP contribution is 2.29. The monoisotopic (exact) mass is 564 g/mol. The molecule has 1 fully saturated rings. The molecule has 5 N–H and O–H groups in total. The molecule has 1 aliphatic rings. The summed E-state index contributed by atoms with van der Waals surface area (Å²) >= 11 is 1.46. The second-order valence-corrected chi connectivity index (χ2v) is 11.2. The van der Waals surface area contributed by atoms with Crippen LogP contribution in [0.15, 0.2) is 47.1 Å². The normalized spacial score (nSPS) is 19.3. The molecule has 40 heavy (non-hydrogen) atoms. The molecule has 4 heterocycles. The predicted octanol–water partition coefficient (Wildman–Crippen LogP) is 4.62. The Morgan fingerprint density at radius 2 is 1.90 bits per heavy atom. The second-order valence-electron chi connectivity index (χ2n) is 10.2. The van der Waals surface area contributed by atoms with Gasteiger partial charge in [0, 0.05) is 23.1 Å². The number of hydrogen-bond acceptors (Lipinski definition) is 9. The van der Waals surface area contributed by atoms with Crippen molar-refractivity contribution in [3.05, 3.63) is 58.3 Å². The highest BCUT2D eigenvalue weighted by molar-refractivity contribution is 7.10. The fraction of sp³-hybridized carbons (Fsp3) is 0.414. The predicted molar refractivity (Wildman–Crippen MR) is 157 cm³/mol. The van der Waals surface area contributed by atoms with E-state index in [0.29, 0.717) is 35.1 Å². The molecule has 3 atom stereocenters. The third-order valence-corrected chi connectivity index (χ3v) is 7.84. The standard InChI is InChI=1S/C29H36N6O4S/c1-17-9-20(10-18(2)39-17)5-4-6-27(37)33-23-12-26(19(3)31-14-23)34-29(38)28(35-30)25-8-7-21(13-32-25)22-11-24(15-36)40-16-22/h7-8,11-14,16-18,20,36H,4-6,9-10,15,30H2,1-3H3,(H,33,37)(H,34,38)/t17-,18+,20?. The molecule has 3 aromatic rings. The summed E-state index contributed by atoms with van der Waals surface area (Å²) < 4.78 is 5.80. The van der Waals surface area contributed by atoms with Gasteiger partial charge < -0.3 is 26.3 Å². The fourth-order valence-corrected chi connectivity index (χ4v) is 5.78. The fourth-order valence-electron chi connectivity index (χ4n) is 5.02. The van der Waals surface area contributed by atoms with Gasteiger partial charge in [0.25, 0.3) is 5.91 Å². The summed E-state index contributed by atoms with van der Waals surface area (Å²) in [4.78, 5) is 35.2. The number of carbonyl (C=O) groups is 2. The molecule has 0 saturated carbocycles. The van der Waals surface area contributed by atoms with Crippen molar-refractivity contribution in [1.82, 2.24) is 9.97 Å². The molecule has 212 valence electrons. The molecule has 0 radical (unpaired) electrons. The first-order chi connectivity index (χ1) is 19.2. The van der Waals surface area contributed by atoms with Gasteiger partial charge in [0.1, 0.15) is 0 Å². The minimum absolute atomic E-state index is 0.0190. The van der Waals surface area contributed by atoms with Crippen LogP contribution in [0.3, 0.4) is 0 Å². The molecule has 3 aromatic heterocycles. The highest BCUT2D eigenvalue weighted by Gasteiger charge is 2.24. The molecule has 0 bridgehead atoms. The van der Waals surface area contributed by atoms with Crippen LogP contribution in [-0.2, 0) is 20.9 Å². The van der Waals surface area contributed by atoms with E-state index in [0.717, 1.165) is 41.7 Å². The Balaban J connectivity index is 1.34. The number of anilines is 2. The minimum Gasteiger partial charge on any atom is -0.391 e. The van der Waals surface area contributed by atoms with Gasteiger partial charge in [-0.3, -0.25) is 19.6 Å². The van der Waals surface area contributed by atoms with E-state index in [1.54, 1.807) is 31.5 Å². The zero-order valence-electron chi connectivity index (χ0n) is 23.0. The number of nitrogens with one attached hydrogen (secondary N) is 2. The average Bonchev–Trinajstić information content (AvgIpc) is 3.40. The first-order valence-corrected chi connectivity index (χ1v) is 14.3. The zero-order valence-corrected chi connectivity index (χ0v) is 23.8. The van der Waals surface area contributed by atoms with Crippen molar-refractivity contribution in [1.29, 1.82) is 0 Å². The summed E-state index contributed by atoms with van der Waals surface area (Å²) in [5, 5.41) is 20.6. The zero-order chi connectivity index (χ0) is 28.6. The van der Waals surface area contributed by atoms with Crippen LogP contribution >= 0.6 is 11.3 Å². The number of aryl methyl sites for hydroxylation is 1. The molecular formula is C29H36N6O4S. The summed E-state index contributed by atoms with van der Waals surface area (Å²) in [7, 11) is 0. The number of pyridine rings is 2. The Kier molecular flexibility index (Phi) is 9.97. The summed E-state index contributed by atoms with van der Waals surface area (Å²) in [5.74, 6) is 5.49. The smallest absolute Gasteiger partial charge is 0.278 e. The highest BCUT2D eigenvalue weighted by atomic mass is 32.1. The number of thiophene rings is 1. The number of aliphatic hydroxyl groups excluding tert-OH is 1. The van der Waals surface area contributed by atoms with Crippen LogP contribution < -0.4 is 16.5 Å². The lowest BCUT2D eigenvalue weighted by molar-refractivity contribution is -0.116. The molecule has 10 nitrogen and oxygen atoms in total. The minimum atomic E-state index is -0.547. The van der Waals surface area contributed by atoms with Gasteiger partial charge in [-0.05, 0) is 81.5 Å². The maximum atomic E-state index is 13.1. The molecule has 0 spiro atoms. The number of rotatable bonds is 10. The first kappa shape index (κ1) is 29.3. The Morgan fingerprint density at radius 3 is 2.55 bits per heavy atom. The van der Waals surface area contributed by atoms with Crippen LogP contribution in [0, 0.1) is 12.8 Å². The van der Waals surface area contributed by atoms with Crippen LogP contribution in [0.2, 0.25) is 0 Å². The Bertz CT molecular complexity index is 1350. The van der Waals surface area contributed by atoms with Crippen molar-refractivity contribution in [3.63, 3.8) is 0 Å². The number of amides is 2. The van der Waals surface area contributed by atoms with Crippen LogP contribution in [-0.4, -0.2) is 44.8 Å². The van der Waals surface area contributed by atoms with Gasteiger partial charge in [-0.1, -0.05) is 6.07 Å². The average molecular weight is 565 g/mol. The molecule has 0 aromatic carbocycles. The Hall–Kier alpha value is -3.67. The topological polar surface area (TPSA) is 152 Å². The van der Waals surface area contributed by atoms with Crippen LogP contribution in [0.1, 0.15) is 62.2 Å². The molecular weight excluding hydrogens is 528 g/mol. The summed E-state index contributed by atoms with van der Waals surface area (Å²) in [6.07, 6.45) is 7.99. The van der Waals surface area contributed by atoms with Gasteiger partial charge in [-0.2, -0.15) is 5.10 Å². The number of nitrogens with zero attached hydrogens (tertiary/aromatic N) is 3. The number of carbonyl (C=O) groups excluding carboxylic acids is 2. The third kappa shape index (κ3) is 7.71. The maximum Gasteiger partial charge on any atom is 0.278 e. The van der Waals surface area contributed by atoms with E-state index in [4.69, 9.17) is 10.6 Å². The second kappa shape index (κ2) is 13.6. The SMILES string of the molecule is Cc1ncc(NC(=O)CCCC2C[C@@H](C)O[C@@H](C)C2)cc1NC(=O)C(=NN)c1ccc(-c2csc(CO)c2)cn1. The first-order valence-electron chi connectivity index (χ1n) is 13.4. The van der Waals surface area contributed by atoms with Crippen molar-refractivity contribution in [2.45, 2.75) is 71.7 Å². The van der Waals surface area contributed by atoms with Gasteiger partial charge in [-0.25, -0.2) is 0 Å². The number of aliphatic hydroxyl groups is 1. The molecule has 2 amide bonds. The molecule has 1 unspecified atom stereocenters. The van der Waals surface area contributed by atoms with Gasteiger partial charge in [-0.15, -0.1) is 11.3 Å². The maximum absolute atomic E-state index is 13.1. The van der Waals surface area contributed by atoms with Crippen LogP contribution in [0.5, 0.6) is 0 Å². The van der Waals surface area contributed by atoms with Crippen molar-refractivity contribution in [2.24, 2.45) is 16.9 Å². The van der Waals surface area contributed by atoms with E-state index in [9.17, 15) is 14.7 Å². The van der Waals surface area contributed by atoms with Crippen molar-refractivity contribution in [3.8, 4) is 11.1 Å². The Labute approximate surface area is 238 Å². The van der Waals surface area contributed by atoms with E-state index in [-0.39, 0.29) is 30.4 Å². The van der Waals surface area contributed by atoms with Crippen molar-refractivity contribution < 1.29 is 19.4 Å². The number of hydrazone groups is 1. The number of nitrogens with two attached hydrogens (primary N) is 1.